The molecule has 130 valence electrons. The van der Waals surface area contributed by atoms with Gasteiger partial charge in [0.2, 0.25) is 0 Å². The maximum absolute atomic E-state index is 12.9. The molecule has 2 aromatic carbocycles. The van der Waals surface area contributed by atoms with E-state index in [1.807, 2.05) is 31.2 Å². The monoisotopic (exact) mass is 347 g/mol. The van der Waals surface area contributed by atoms with Gasteiger partial charge in [0.05, 0.1) is 18.2 Å². The summed E-state index contributed by atoms with van der Waals surface area (Å²) in [6.07, 6.45) is 0. The minimum absolute atomic E-state index is 0.186. The molecule has 0 spiro atoms. The molecule has 0 aliphatic carbocycles. The molecular formula is C19H17N5O2. The van der Waals surface area contributed by atoms with Gasteiger partial charge in [0, 0.05) is 17.1 Å². The van der Waals surface area contributed by atoms with Crippen LogP contribution in [0.2, 0.25) is 0 Å². The van der Waals surface area contributed by atoms with E-state index in [-0.39, 0.29) is 5.56 Å². The summed E-state index contributed by atoms with van der Waals surface area (Å²) in [6, 6.07) is 16.4. The number of benzene rings is 2. The lowest BCUT2D eigenvalue weighted by molar-refractivity contribution is 0.414. The maximum Gasteiger partial charge on any atom is 0.279 e. The third kappa shape index (κ3) is 2.79. The Bertz CT molecular complexity index is 1130. The zero-order valence-electron chi connectivity index (χ0n) is 14.4. The van der Waals surface area contributed by atoms with Gasteiger partial charge < -0.3 is 10.1 Å². The molecule has 2 N–H and O–H groups in total. The Labute approximate surface area is 149 Å². The third-order valence-corrected chi connectivity index (χ3v) is 4.07. The van der Waals surface area contributed by atoms with Gasteiger partial charge in [0.25, 0.3) is 5.56 Å². The Morgan fingerprint density at radius 1 is 1.08 bits per heavy atom. The SMILES string of the molecule is COc1ccc(-n2nc(Nc3cc(C)[nH]n3)c3ccccc3c2=O)cc1. The normalized spacial score (nSPS) is 10.8. The number of fused-ring (bicyclic) bond motifs is 1. The highest BCUT2D eigenvalue weighted by molar-refractivity contribution is 5.92. The van der Waals surface area contributed by atoms with Crippen LogP contribution in [0.1, 0.15) is 5.69 Å². The van der Waals surface area contributed by atoms with E-state index in [0.29, 0.717) is 28.5 Å². The molecule has 0 aliphatic rings. The second-order valence-corrected chi connectivity index (χ2v) is 5.87. The van der Waals surface area contributed by atoms with Crippen LogP contribution >= 0.6 is 0 Å². The smallest absolute Gasteiger partial charge is 0.279 e. The van der Waals surface area contributed by atoms with Gasteiger partial charge in [-0.3, -0.25) is 9.89 Å². The summed E-state index contributed by atoms with van der Waals surface area (Å²) in [7, 11) is 1.60. The van der Waals surface area contributed by atoms with Crippen LogP contribution in [0.3, 0.4) is 0 Å². The molecule has 0 unspecified atom stereocenters. The predicted octanol–water partition coefficient (Wildman–Crippen LogP) is 3.17. The summed E-state index contributed by atoms with van der Waals surface area (Å²) in [5.41, 5.74) is 1.40. The standard InChI is InChI=1S/C19H17N5O2/c1-12-11-17(22-21-12)20-18-15-5-3-4-6-16(15)19(25)24(23-18)13-7-9-14(26-2)10-8-13/h3-11H,1-2H3,(H2,20,21,22,23). The molecule has 7 nitrogen and oxygen atoms in total. The van der Waals surface area contributed by atoms with E-state index in [4.69, 9.17) is 4.74 Å². The highest BCUT2D eigenvalue weighted by Crippen LogP contribution is 2.23. The largest absolute Gasteiger partial charge is 0.497 e. The van der Waals surface area contributed by atoms with Gasteiger partial charge in [-0.1, -0.05) is 18.2 Å². The molecule has 4 rings (SSSR count). The fourth-order valence-corrected chi connectivity index (χ4v) is 2.78. The molecule has 0 bridgehead atoms. The van der Waals surface area contributed by atoms with E-state index in [1.165, 1.54) is 4.68 Å². The van der Waals surface area contributed by atoms with E-state index in [9.17, 15) is 4.79 Å². The summed E-state index contributed by atoms with van der Waals surface area (Å²) in [5, 5.41) is 16.1. The molecule has 7 heteroatoms. The molecule has 4 aromatic rings. The highest BCUT2D eigenvalue weighted by Gasteiger charge is 2.12. The average Bonchev–Trinajstić information content (AvgIpc) is 3.09. The van der Waals surface area contributed by atoms with Gasteiger partial charge in [0.15, 0.2) is 11.6 Å². The Kier molecular flexibility index (Phi) is 3.89. The fraction of sp³-hybridized carbons (Fsp3) is 0.105. The zero-order chi connectivity index (χ0) is 18.1. The summed E-state index contributed by atoms with van der Waals surface area (Å²) >= 11 is 0. The Morgan fingerprint density at radius 3 is 2.46 bits per heavy atom. The van der Waals surface area contributed by atoms with Crippen molar-refractivity contribution in [1.29, 1.82) is 0 Å². The van der Waals surface area contributed by atoms with Crippen molar-refractivity contribution in [2.45, 2.75) is 6.92 Å². The summed E-state index contributed by atoms with van der Waals surface area (Å²) in [4.78, 5) is 12.9. The number of nitrogens with zero attached hydrogens (tertiary/aromatic N) is 3. The van der Waals surface area contributed by atoms with E-state index >= 15 is 0 Å². The van der Waals surface area contributed by atoms with Crippen LogP contribution in [0.5, 0.6) is 5.75 Å². The van der Waals surface area contributed by atoms with Gasteiger partial charge in [-0.2, -0.15) is 9.78 Å². The second kappa shape index (κ2) is 6.36. The number of hydrogen-bond donors (Lipinski definition) is 2. The van der Waals surface area contributed by atoms with E-state index < -0.39 is 0 Å². The van der Waals surface area contributed by atoms with Crippen LogP contribution in [0.4, 0.5) is 11.6 Å². The molecule has 0 radical (unpaired) electrons. The van der Waals surface area contributed by atoms with Crippen LogP contribution in [0.25, 0.3) is 16.5 Å². The van der Waals surface area contributed by atoms with Crippen molar-refractivity contribution in [3.05, 3.63) is 70.6 Å². The van der Waals surface area contributed by atoms with Crippen LogP contribution < -0.4 is 15.6 Å². The first kappa shape index (κ1) is 15.9. The van der Waals surface area contributed by atoms with Crippen LogP contribution in [-0.2, 0) is 0 Å². The second-order valence-electron chi connectivity index (χ2n) is 5.87. The number of rotatable bonds is 4. The van der Waals surface area contributed by atoms with Crippen molar-refractivity contribution in [2.75, 3.05) is 12.4 Å². The molecule has 2 aromatic heterocycles. The van der Waals surface area contributed by atoms with E-state index in [0.717, 1.165) is 11.1 Å². The van der Waals surface area contributed by atoms with Gasteiger partial charge >= 0.3 is 0 Å². The molecule has 0 saturated carbocycles. The number of aromatic nitrogens is 4. The Morgan fingerprint density at radius 2 is 1.81 bits per heavy atom. The van der Waals surface area contributed by atoms with E-state index in [2.05, 4.69) is 20.6 Å². The van der Waals surface area contributed by atoms with Gasteiger partial charge in [0.1, 0.15) is 5.75 Å². The maximum atomic E-state index is 12.9. The van der Waals surface area contributed by atoms with Crippen LogP contribution in [0.15, 0.2) is 59.4 Å². The lowest BCUT2D eigenvalue weighted by Crippen LogP contribution is -2.22. The number of methoxy groups -OCH3 is 1. The van der Waals surface area contributed by atoms with Crippen molar-refractivity contribution >= 4 is 22.4 Å². The summed E-state index contributed by atoms with van der Waals surface area (Å²) in [5.74, 6) is 1.91. The molecule has 0 amide bonds. The average molecular weight is 347 g/mol. The predicted molar refractivity (Wildman–Crippen MR) is 100 cm³/mol. The summed E-state index contributed by atoms with van der Waals surface area (Å²) in [6.45, 7) is 1.92. The van der Waals surface area contributed by atoms with Crippen LogP contribution in [0, 0.1) is 6.92 Å². The number of nitrogens with one attached hydrogen (secondary N) is 2. The topological polar surface area (TPSA) is 84.8 Å². The fourth-order valence-electron chi connectivity index (χ4n) is 2.78. The number of H-pyrrole nitrogens is 1. The molecular weight excluding hydrogens is 330 g/mol. The van der Waals surface area contributed by atoms with Crippen molar-refractivity contribution in [1.82, 2.24) is 20.0 Å². The first-order valence-electron chi connectivity index (χ1n) is 8.11. The van der Waals surface area contributed by atoms with Gasteiger partial charge in [-0.15, -0.1) is 5.10 Å². The molecule has 0 fully saturated rings. The van der Waals surface area contributed by atoms with Crippen molar-refractivity contribution in [3.8, 4) is 11.4 Å². The Balaban J connectivity index is 1.90. The number of anilines is 2. The zero-order valence-corrected chi connectivity index (χ0v) is 14.4. The molecule has 0 saturated heterocycles. The first-order chi connectivity index (χ1) is 12.7. The molecule has 0 atom stereocenters. The van der Waals surface area contributed by atoms with Crippen LogP contribution in [-0.4, -0.2) is 27.1 Å². The third-order valence-electron chi connectivity index (χ3n) is 4.07. The molecule has 0 aliphatic heterocycles. The number of aromatic amines is 1. The van der Waals surface area contributed by atoms with Crippen molar-refractivity contribution in [2.24, 2.45) is 0 Å². The highest BCUT2D eigenvalue weighted by atomic mass is 16.5. The number of aryl methyl sites for hydroxylation is 1. The minimum atomic E-state index is -0.186. The Hall–Kier alpha value is -3.61. The quantitative estimate of drug-likeness (QED) is 0.592. The van der Waals surface area contributed by atoms with Gasteiger partial charge in [-0.05, 0) is 37.3 Å². The summed E-state index contributed by atoms with van der Waals surface area (Å²) < 4.78 is 6.56. The lowest BCUT2D eigenvalue weighted by Gasteiger charge is -2.11. The minimum Gasteiger partial charge on any atom is -0.497 e. The molecule has 26 heavy (non-hydrogen) atoms. The van der Waals surface area contributed by atoms with Gasteiger partial charge in [-0.25, -0.2) is 0 Å². The number of ether oxygens (including phenoxy) is 1. The first-order valence-corrected chi connectivity index (χ1v) is 8.11. The number of hydrogen-bond acceptors (Lipinski definition) is 5. The van der Waals surface area contributed by atoms with Crippen molar-refractivity contribution < 1.29 is 4.74 Å². The van der Waals surface area contributed by atoms with Crippen molar-refractivity contribution in [3.63, 3.8) is 0 Å². The molecule has 2 heterocycles. The van der Waals surface area contributed by atoms with E-state index in [1.54, 1.807) is 37.4 Å². The lowest BCUT2D eigenvalue weighted by atomic mass is 10.2.